The summed E-state index contributed by atoms with van der Waals surface area (Å²) in [4.78, 5) is 10.9. The van der Waals surface area contributed by atoms with Crippen molar-refractivity contribution in [3.63, 3.8) is 0 Å². The smallest absolute Gasteiger partial charge is 0.434 e. The first-order valence-corrected chi connectivity index (χ1v) is 3.61. The van der Waals surface area contributed by atoms with Gasteiger partial charge < -0.3 is 16.8 Å². The van der Waals surface area contributed by atoms with Crippen LogP contribution in [0.3, 0.4) is 0 Å². The van der Waals surface area contributed by atoms with Crippen LogP contribution < -0.4 is 0 Å². The van der Waals surface area contributed by atoms with E-state index in [0.717, 1.165) is 0 Å². The van der Waals surface area contributed by atoms with Crippen LogP contribution in [0.2, 0.25) is 0 Å². The molecular weight excluding hydrogens is 164 g/mol. The molecule has 1 saturated heterocycles. The van der Waals surface area contributed by atoms with Crippen molar-refractivity contribution in [1.82, 2.24) is 0 Å². The molecule has 0 aliphatic carbocycles. The summed E-state index contributed by atoms with van der Waals surface area (Å²) in [6.07, 6.45) is 4.02. The van der Waals surface area contributed by atoms with Crippen molar-refractivity contribution in [3.05, 3.63) is 12.2 Å². The molecule has 0 N–H and O–H groups in total. The lowest BCUT2D eigenvalue weighted by Gasteiger charge is -1.85. The van der Waals surface area contributed by atoms with Gasteiger partial charge >= 0.3 is 11.9 Å². The molecule has 1 fully saturated rings. The number of hydrogen-bond donors (Lipinski definition) is 0. The van der Waals surface area contributed by atoms with E-state index < -0.39 is 0 Å². The largest absolute Gasteiger partial charge is 0.478 e. The van der Waals surface area contributed by atoms with Gasteiger partial charge in [-0.05, 0) is 6.92 Å². The van der Waals surface area contributed by atoms with E-state index in [0.29, 0.717) is 6.42 Å². The Bertz CT molecular complexity index is 220. The fraction of sp³-hybridized carbons (Fsp3) is 0.429. The molecule has 4 heteroatoms. The third-order valence-electron chi connectivity index (χ3n) is 1.42. The third kappa shape index (κ3) is 1.77. The Hall–Kier alpha value is -0.900. The monoisotopic (exact) mass is 172 g/mol. The molecular formula is C7H8O3S. The van der Waals surface area contributed by atoms with Gasteiger partial charge in [0.15, 0.2) is 0 Å². The Morgan fingerprint density at radius 3 is 3.00 bits per heavy atom. The van der Waals surface area contributed by atoms with Gasteiger partial charge in [-0.15, -0.1) is 0 Å². The molecule has 1 rings (SSSR count). The second kappa shape index (κ2) is 3.48. The zero-order chi connectivity index (χ0) is 8.27. The number of hydrogen-bond acceptors (Lipinski definition) is 3. The quantitative estimate of drug-likeness (QED) is 0.191. The first kappa shape index (κ1) is 8.20. The van der Waals surface area contributed by atoms with Gasteiger partial charge in [0.25, 0.3) is 0 Å². The predicted octanol–water partition coefficient (Wildman–Crippen LogP) is 0.650. The number of cyclic esters (lactones) is 2. The fourth-order valence-electron chi connectivity index (χ4n) is 0.922. The van der Waals surface area contributed by atoms with Crippen molar-refractivity contribution < 1.29 is 13.4 Å². The summed E-state index contributed by atoms with van der Waals surface area (Å²) in [5.74, 6) is -0.269. The van der Waals surface area contributed by atoms with Crippen LogP contribution in [0.15, 0.2) is 12.2 Å². The summed E-state index contributed by atoms with van der Waals surface area (Å²) < 4.78 is 9.06. The zero-order valence-electron chi connectivity index (χ0n) is 6.07. The summed E-state index contributed by atoms with van der Waals surface area (Å²) >= 11 is 4.26. The molecule has 0 spiro atoms. The van der Waals surface area contributed by atoms with E-state index in [2.05, 4.69) is 21.5 Å². The van der Waals surface area contributed by atoms with Crippen molar-refractivity contribution in [2.45, 2.75) is 13.3 Å². The highest BCUT2D eigenvalue weighted by molar-refractivity contribution is 7.50. The summed E-state index contributed by atoms with van der Waals surface area (Å²) in [5, 5.41) is 0. The van der Waals surface area contributed by atoms with Gasteiger partial charge in [0.05, 0.1) is 0 Å². The molecule has 0 amide bonds. The average molecular weight is 172 g/mol. The first-order valence-electron chi connectivity index (χ1n) is 3.28. The van der Waals surface area contributed by atoms with Gasteiger partial charge in [-0.25, -0.2) is 9.53 Å². The fourth-order valence-corrected chi connectivity index (χ4v) is 1.02. The molecule has 1 aliphatic rings. The zero-order valence-corrected chi connectivity index (χ0v) is 6.89. The van der Waals surface area contributed by atoms with E-state index >= 15 is 0 Å². The van der Waals surface area contributed by atoms with Gasteiger partial charge in [-0.1, -0.05) is 12.2 Å². The van der Waals surface area contributed by atoms with Gasteiger partial charge in [0.1, 0.15) is 12.3 Å². The standard InChI is InChI=1S/C7H8O3S/c1-2-3-5-4-6(10-11)9-7(5)8/h2-3,5H,4H2,1H3. The highest BCUT2D eigenvalue weighted by Crippen LogP contribution is 2.17. The van der Waals surface area contributed by atoms with Crippen LogP contribution in [0, 0.1) is 5.92 Å². The first-order chi connectivity index (χ1) is 5.27. The van der Waals surface area contributed by atoms with E-state index in [-0.39, 0.29) is 17.9 Å². The Morgan fingerprint density at radius 2 is 2.55 bits per heavy atom. The number of carbonyl (C=O) groups excluding carboxylic acids is 2. The predicted molar refractivity (Wildman–Crippen MR) is 41.4 cm³/mol. The lowest BCUT2D eigenvalue weighted by atomic mass is 10.1. The molecule has 1 heterocycles. The molecule has 0 radical (unpaired) electrons. The number of rotatable bonds is 1. The average Bonchev–Trinajstić information content (AvgIpc) is 2.33. The van der Waals surface area contributed by atoms with Crippen molar-refractivity contribution in [1.29, 1.82) is 0 Å². The minimum Gasteiger partial charge on any atom is -0.434 e. The Labute approximate surface area is 70.4 Å². The van der Waals surface area contributed by atoms with E-state index in [1.165, 1.54) is 0 Å². The molecule has 0 aromatic rings. The van der Waals surface area contributed by atoms with Crippen LogP contribution in [0.5, 0.6) is 0 Å². The maximum absolute atomic E-state index is 10.9. The summed E-state index contributed by atoms with van der Waals surface area (Å²) in [6.45, 7) is 1.85. The van der Waals surface area contributed by atoms with E-state index in [9.17, 15) is 4.79 Å². The van der Waals surface area contributed by atoms with E-state index in [1.807, 2.05) is 6.92 Å². The second-order valence-corrected chi connectivity index (χ2v) is 2.38. The molecule has 0 aromatic carbocycles. The van der Waals surface area contributed by atoms with Crippen LogP contribution in [0.1, 0.15) is 13.3 Å². The van der Waals surface area contributed by atoms with Crippen LogP contribution in [-0.2, 0) is 26.3 Å². The minimum absolute atomic E-state index is 0.210. The summed E-state index contributed by atoms with van der Waals surface area (Å²) in [5.41, 5.74) is 0. The molecule has 1 unspecified atom stereocenters. The van der Waals surface area contributed by atoms with E-state index in [4.69, 9.17) is 0 Å². The van der Waals surface area contributed by atoms with Crippen LogP contribution in [0.25, 0.3) is 0 Å². The molecule has 11 heavy (non-hydrogen) atoms. The number of esters is 2. The van der Waals surface area contributed by atoms with Gasteiger partial charge in [0, 0.05) is 0 Å². The molecule has 0 bridgehead atoms. The normalized spacial score (nSPS) is 28.3. The Balaban J connectivity index is 2.66. The van der Waals surface area contributed by atoms with Crippen molar-refractivity contribution in [2.24, 2.45) is 5.92 Å². The van der Waals surface area contributed by atoms with Crippen LogP contribution >= 0.6 is 0 Å². The maximum Gasteiger partial charge on any atom is 0.478 e. The molecule has 1 atom stereocenters. The Morgan fingerprint density at radius 1 is 1.82 bits per heavy atom. The molecule has 1 aliphatic heterocycles. The van der Waals surface area contributed by atoms with Crippen LogP contribution in [-0.4, -0.2) is 11.9 Å². The van der Waals surface area contributed by atoms with Gasteiger partial charge in [-0.3, -0.25) is 0 Å². The van der Waals surface area contributed by atoms with Crippen LogP contribution in [0.4, 0.5) is 0 Å². The van der Waals surface area contributed by atoms with Crippen molar-refractivity contribution in [3.8, 4) is 0 Å². The molecule has 3 nitrogen and oxygen atoms in total. The lowest BCUT2D eigenvalue weighted by Crippen LogP contribution is -2.03. The highest BCUT2D eigenvalue weighted by Gasteiger charge is 2.39. The second-order valence-electron chi connectivity index (χ2n) is 2.21. The lowest BCUT2D eigenvalue weighted by molar-refractivity contribution is -0.257. The molecule has 0 saturated carbocycles. The van der Waals surface area contributed by atoms with Crippen molar-refractivity contribution >= 4 is 24.8 Å². The number of allylic oxidation sites excluding steroid dienone is 1. The SMILES string of the molecule is CC=CC1CC(=[O+][S-])OC1=O. The van der Waals surface area contributed by atoms with Gasteiger partial charge in [-0.2, -0.15) is 0 Å². The minimum atomic E-state index is -0.289. The summed E-state index contributed by atoms with van der Waals surface area (Å²) in [6, 6.07) is 0. The van der Waals surface area contributed by atoms with Gasteiger partial charge in [0.2, 0.25) is 0 Å². The highest BCUT2D eigenvalue weighted by atomic mass is 32.1. The van der Waals surface area contributed by atoms with Crippen molar-refractivity contribution in [2.75, 3.05) is 0 Å². The summed E-state index contributed by atoms with van der Waals surface area (Å²) in [7, 11) is 0. The molecule has 60 valence electrons. The maximum atomic E-state index is 10.9. The third-order valence-corrected chi connectivity index (χ3v) is 1.61. The number of ether oxygens (including phenoxy) is 1. The molecule has 0 aromatic heterocycles. The number of carbonyl (C=O) groups is 1. The Kier molecular flexibility index (Phi) is 2.59. The van der Waals surface area contributed by atoms with E-state index in [1.54, 1.807) is 12.2 Å². The topological polar surface area (TPSA) is 37.6 Å².